The van der Waals surface area contributed by atoms with Crippen molar-refractivity contribution in [3.8, 4) is 0 Å². The van der Waals surface area contributed by atoms with Crippen LogP contribution in [0.1, 0.15) is 92.5 Å². The second kappa shape index (κ2) is 15.1. The molecule has 0 heterocycles. The molecule has 0 spiro atoms. The Kier molecular flexibility index (Phi) is 13.0. The number of fused-ring (bicyclic) bond motifs is 2. The molecule has 1 radical (unpaired) electrons. The average molecular weight is 834 g/mol. The van der Waals surface area contributed by atoms with Gasteiger partial charge in [0.25, 0.3) is 0 Å². The SMILES string of the molecule is Cc1c(Cl)cc(Cl)cc1C(c1cc(Cl)cc(Cl)c1C)=c1c(C(C)(C)C)cc2c(c1C1=CC=CC1)[C-]=c1ccc(C(C)(C)C)cc1=2.[Cl-].[Cl-].[Zr+3]. The predicted octanol–water partition coefficient (Wildman–Crippen LogP) is 5.41. The molecule has 6 rings (SSSR count). The first-order valence-corrected chi connectivity index (χ1v) is 16.9. The third-order valence-electron chi connectivity index (χ3n) is 9.07. The van der Waals surface area contributed by atoms with Crippen LogP contribution in [0.5, 0.6) is 0 Å². The van der Waals surface area contributed by atoms with Crippen LogP contribution in [0, 0.1) is 24.3 Å². The summed E-state index contributed by atoms with van der Waals surface area (Å²) in [6, 6.07) is 16.9. The topological polar surface area (TPSA) is 0 Å². The minimum Gasteiger partial charge on any atom is -1.00 e. The molecule has 247 valence electrons. The summed E-state index contributed by atoms with van der Waals surface area (Å²) < 4.78 is 0. The molecule has 0 aliphatic heterocycles. The van der Waals surface area contributed by atoms with E-state index < -0.39 is 0 Å². The Bertz CT molecular complexity index is 2150. The molecule has 0 nitrogen and oxygen atoms in total. The van der Waals surface area contributed by atoms with Crippen LogP contribution >= 0.6 is 46.4 Å². The van der Waals surface area contributed by atoms with Gasteiger partial charge in [-0.15, -0.1) is 33.4 Å². The average Bonchev–Trinajstić information content (AvgIpc) is 3.60. The number of hydrogen-bond acceptors (Lipinski definition) is 0. The summed E-state index contributed by atoms with van der Waals surface area (Å²) >= 11 is 27.2. The van der Waals surface area contributed by atoms with Gasteiger partial charge >= 0.3 is 26.2 Å². The van der Waals surface area contributed by atoms with E-state index in [1.165, 1.54) is 32.7 Å². The minimum absolute atomic E-state index is 0. The van der Waals surface area contributed by atoms with Crippen molar-refractivity contribution in [1.29, 1.82) is 0 Å². The van der Waals surface area contributed by atoms with E-state index in [-0.39, 0.29) is 61.8 Å². The molecule has 4 aromatic rings. The maximum atomic E-state index is 6.86. The van der Waals surface area contributed by atoms with Crippen molar-refractivity contribution < 1.29 is 51.0 Å². The van der Waals surface area contributed by atoms with Crippen molar-refractivity contribution in [1.82, 2.24) is 0 Å². The Hall–Kier alpha value is -1.28. The second-order valence-electron chi connectivity index (χ2n) is 14.3. The summed E-state index contributed by atoms with van der Waals surface area (Å²) in [6.45, 7) is 17.7. The van der Waals surface area contributed by atoms with E-state index in [0.717, 1.165) is 50.2 Å². The van der Waals surface area contributed by atoms with E-state index in [1.54, 1.807) is 12.1 Å². The molecule has 0 bridgehead atoms. The van der Waals surface area contributed by atoms with Crippen LogP contribution in [0.4, 0.5) is 0 Å². The van der Waals surface area contributed by atoms with Crippen molar-refractivity contribution >= 4 is 63.6 Å². The first-order chi connectivity index (χ1) is 21.1. The fourth-order valence-corrected chi connectivity index (χ4v) is 7.52. The van der Waals surface area contributed by atoms with Crippen molar-refractivity contribution in [2.24, 2.45) is 0 Å². The van der Waals surface area contributed by atoms with E-state index >= 15 is 0 Å². The fourth-order valence-electron chi connectivity index (χ4n) is 6.53. The molecule has 0 atom stereocenters. The molecule has 0 saturated heterocycles. The largest absolute Gasteiger partial charge is 3.00 e. The van der Waals surface area contributed by atoms with E-state index in [1.807, 2.05) is 12.1 Å². The monoisotopic (exact) mass is 829 g/mol. The summed E-state index contributed by atoms with van der Waals surface area (Å²) in [5, 5.41) is 7.08. The van der Waals surface area contributed by atoms with Crippen LogP contribution < -0.4 is 35.3 Å². The van der Waals surface area contributed by atoms with Crippen LogP contribution in [0.2, 0.25) is 20.1 Å². The first-order valence-electron chi connectivity index (χ1n) is 15.3. The quantitative estimate of drug-likeness (QED) is 0.214. The zero-order valence-electron chi connectivity index (χ0n) is 28.3. The molecule has 7 heteroatoms. The van der Waals surface area contributed by atoms with E-state index in [4.69, 9.17) is 46.4 Å². The summed E-state index contributed by atoms with van der Waals surface area (Å²) in [6.07, 6.45) is 11.3. The van der Waals surface area contributed by atoms with Gasteiger partial charge in [0, 0.05) is 20.1 Å². The zero-order chi connectivity index (χ0) is 32.6. The number of rotatable bonds is 3. The maximum Gasteiger partial charge on any atom is 3.00 e. The number of benzene rings is 4. The van der Waals surface area contributed by atoms with E-state index in [2.05, 4.69) is 104 Å². The van der Waals surface area contributed by atoms with Crippen molar-refractivity contribution in [3.63, 3.8) is 0 Å². The maximum absolute atomic E-state index is 6.86. The molecular weight excluding hydrogens is 796 g/mol. The van der Waals surface area contributed by atoms with Gasteiger partial charge in [-0.3, -0.25) is 0 Å². The van der Waals surface area contributed by atoms with E-state index in [0.29, 0.717) is 20.1 Å². The van der Waals surface area contributed by atoms with Gasteiger partial charge in [0.15, 0.2) is 0 Å². The molecule has 0 fully saturated rings. The molecule has 2 aliphatic carbocycles. The molecule has 0 amide bonds. The number of hydrogen-bond donors (Lipinski definition) is 0. The molecule has 0 unspecified atom stereocenters. The van der Waals surface area contributed by atoms with Crippen LogP contribution in [-0.4, -0.2) is 0 Å². The summed E-state index contributed by atoms with van der Waals surface area (Å²) in [5.74, 6) is 0. The van der Waals surface area contributed by atoms with Gasteiger partial charge < -0.3 is 24.8 Å². The third-order valence-corrected chi connectivity index (χ3v) is 10.3. The van der Waals surface area contributed by atoms with Gasteiger partial charge in [-0.05, 0) is 94.0 Å². The van der Waals surface area contributed by atoms with Crippen LogP contribution in [0.3, 0.4) is 0 Å². The van der Waals surface area contributed by atoms with Gasteiger partial charge in [0.05, 0.1) is 0 Å². The molecule has 0 N–H and O–H groups in total. The molecule has 2 aliphatic rings. The van der Waals surface area contributed by atoms with Gasteiger partial charge in [-0.25, -0.2) is 0 Å². The van der Waals surface area contributed by atoms with Gasteiger partial charge in [0.2, 0.25) is 0 Å². The van der Waals surface area contributed by atoms with Gasteiger partial charge in [-0.2, -0.15) is 0 Å². The van der Waals surface area contributed by atoms with Crippen LogP contribution in [0.25, 0.3) is 17.2 Å². The molecule has 4 aromatic carbocycles. The molecule has 0 aromatic heterocycles. The summed E-state index contributed by atoms with van der Waals surface area (Å²) in [4.78, 5) is 0. The second-order valence-corrected chi connectivity index (χ2v) is 16.0. The van der Waals surface area contributed by atoms with E-state index in [9.17, 15) is 0 Å². The van der Waals surface area contributed by atoms with Crippen molar-refractivity contribution in [3.05, 3.63) is 152 Å². The van der Waals surface area contributed by atoms with Crippen molar-refractivity contribution in [2.45, 2.75) is 72.6 Å². The van der Waals surface area contributed by atoms with Gasteiger partial charge in [-0.1, -0.05) is 141 Å². The Morgan fingerprint density at radius 2 is 1.27 bits per heavy atom. The Morgan fingerprint density at radius 1 is 0.708 bits per heavy atom. The minimum atomic E-state index is -0.228. The van der Waals surface area contributed by atoms with Crippen LogP contribution in [-0.2, 0) is 37.0 Å². The summed E-state index contributed by atoms with van der Waals surface area (Å²) in [7, 11) is 0. The predicted molar refractivity (Wildman–Crippen MR) is 195 cm³/mol. The zero-order valence-corrected chi connectivity index (χ0v) is 35.3. The summed E-state index contributed by atoms with van der Waals surface area (Å²) in [5.41, 5.74) is 10.7. The first kappa shape index (κ1) is 41.1. The molecular formula is C41H37Cl6Zr. The van der Waals surface area contributed by atoms with Gasteiger partial charge in [0.1, 0.15) is 0 Å². The van der Waals surface area contributed by atoms with Crippen molar-refractivity contribution in [2.75, 3.05) is 0 Å². The Morgan fingerprint density at radius 3 is 1.75 bits per heavy atom. The standard InChI is InChI=1S/C41H37Cl4.2ClH.Zr/c1-22-29(17-27(42)19-35(22)44)38(30-18-28(43)20-36(45)23(30)2)39-34(41(6,7)8)21-32-31-16-26(40(3,4)5)14-13-25(31)15-33(32)37(39)24-11-9-10-12-24;;;/h9-11,13-14,16-21H,12H2,1-8H3;2*1H;/q-1;;;+3/p-2. The number of allylic oxidation sites excluding steroid dienone is 4. The normalized spacial score (nSPS) is 13.0. The smallest absolute Gasteiger partial charge is 1.00 e. The van der Waals surface area contributed by atoms with Crippen LogP contribution in [0.15, 0.2) is 66.8 Å². The number of halogens is 6. The fraction of sp³-hybridized carbons (Fsp3) is 0.268. The Balaban J connectivity index is 0.00000208. The Labute approximate surface area is 336 Å². The molecule has 48 heavy (non-hydrogen) atoms. The third kappa shape index (κ3) is 7.51. The molecule has 0 saturated carbocycles.